The SMILES string of the molecule is CCc1c(C)c2ccc(NC(=O)CCl)cc2[nH]c1=O. The van der Waals surface area contributed by atoms with Crippen LogP contribution in [0.5, 0.6) is 0 Å². The summed E-state index contributed by atoms with van der Waals surface area (Å²) in [4.78, 5) is 26.0. The number of aromatic nitrogens is 1. The van der Waals surface area contributed by atoms with E-state index in [1.807, 2.05) is 19.9 Å². The van der Waals surface area contributed by atoms with Crippen molar-refractivity contribution in [2.45, 2.75) is 20.3 Å². The molecule has 0 atom stereocenters. The Kier molecular flexibility index (Phi) is 3.90. The maximum Gasteiger partial charge on any atom is 0.251 e. The highest BCUT2D eigenvalue weighted by Crippen LogP contribution is 2.21. The molecule has 0 spiro atoms. The van der Waals surface area contributed by atoms with Crippen molar-refractivity contribution < 1.29 is 4.79 Å². The van der Waals surface area contributed by atoms with Crippen LogP contribution in [0, 0.1) is 6.92 Å². The van der Waals surface area contributed by atoms with Crippen molar-refractivity contribution in [3.05, 3.63) is 39.7 Å². The number of aromatic amines is 1. The van der Waals surface area contributed by atoms with Crippen LogP contribution in [-0.4, -0.2) is 16.8 Å². The summed E-state index contributed by atoms with van der Waals surface area (Å²) in [5.41, 5.74) is 3.04. The number of benzene rings is 1. The average molecular weight is 279 g/mol. The lowest BCUT2D eigenvalue weighted by atomic mass is 10.0. The number of rotatable bonds is 3. The maximum atomic E-state index is 11.9. The Hall–Kier alpha value is -1.81. The van der Waals surface area contributed by atoms with Crippen LogP contribution in [0.15, 0.2) is 23.0 Å². The number of alkyl halides is 1. The smallest absolute Gasteiger partial charge is 0.251 e. The molecule has 0 radical (unpaired) electrons. The molecule has 1 amide bonds. The number of carbonyl (C=O) groups excluding carboxylic acids is 1. The van der Waals surface area contributed by atoms with Gasteiger partial charge in [-0.2, -0.15) is 0 Å². The minimum Gasteiger partial charge on any atom is -0.325 e. The van der Waals surface area contributed by atoms with E-state index in [4.69, 9.17) is 11.6 Å². The lowest BCUT2D eigenvalue weighted by Crippen LogP contribution is -2.15. The molecule has 0 fully saturated rings. The predicted octanol–water partition coefficient (Wildman–Crippen LogP) is 2.58. The number of fused-ring (bicyclic) bond motifs is 1. The Balaban J connectivity index is 2.56. The number of carbonyl (C=O) groups is 1. The standard InChI is InChI=1S/C14H15ClN2O2/c1-3-10-8(2)11-5-4-9(16-13(18)7-15)6-12(11)17-14(10)19/h4-6H,3,7H2,1-2H3,(H,16,18)(H,17,19). The fourth-order valence-electron chi connectivity index (χ4n) is 2.20. The minimum atomic E-state index is -0.273. The summed E-state index contributed by atoms with van der Waals surface area (Å²) in [6.07, 6.45) is 0.696. The highest BCUT2D eigenvalue weighted by Gasteiger charge is 2.08. The topological polar surface area (TPSA) is 62.0 Å². The van der Waals surface area contributed by atoms with Crippen LogP contribution in [0.2, 0.25) is 0 Å². The molecule has 0 unspecified atom stereocenters. The Morgan fingerprint density at radius 3 is 2.79 bits per heavy atom. The van der Waals surface area contributed by atoms with Crippen molar-refractivity contribution in [3.8, 4) is 0 Å². The first-order valence-electron chi connectivity index (χ1n) is 6.08. The van der Waals surface area contributed by atoms with Crippen LogP contribution in [0.25, 0.3) is 10.9 Å². The van der Waals surface area contributed by atoms with Crippen LogP contribution in [0.4, 0.5) is 5.69 Å². The number of amides is 1. The summed E-state index contributed by atoms with van der Waals surface area (Å²) in [6.45, 7) is 3.89. The number of pyridine rings is 1. The Morgan fingerprint density at radius 2 is 2.16 bits per heavy atom. The molecule has 1 aromatic heterocycles. The number of hydrogen-bond donors (Lipinski definition) is 2. The summed E-state index contributed by atoms with van der Waals surface area (Å²) in [5, 5.41) is 3.64. The average Bonchev–Trinajstić information content (AvgIpc) is 2.38. The zero-order valence-corrected chi connectivity index (χ0v) is 11.6. The van der Waals surface area contributed by atoms with E-state index in [0.29, 0.717) is 17.6 Å². The van der Waals surface area contributed by atoms with Crippen LogP contribution in [-0.2, 0) is 11.2 Å². The van der Waals surface area contributed by atoms with Gasteiger partial charge in [0.25, 0.3) is 5.56 Å². The highest BCUT2D eigenvalue weighted by atomic mass is 35.5. The second kappa shape index (κ2) is 5.45. The molecule has 0 saturated carbocycles. The summed E-state index contributed by atoms with van der Waals surface area (Å²) in [6, 6.07) is 5.44. The molecule has 5 heteroatoms. The summed E-state index contributed by atoms with van der Waals surface area (Å²) >= 11 is 5.44. The second-order valence-electron chi connectivity index (χ2n) is 4.35. The molecular weight excluding hydrogens is 264 g/mol. The summed E-state index contributed by atoms with van der Waals surface area (Å²) in [5.74, 6) is -0.368. The predicted molar refractivity (Wildman–Crippen MR) is 78.0 cm³/mol. The van der Waals surface area contributed by atoms with E-state index in [2.05, 4.69) is 10.3 Å². The first-order valence-corrected chi connectivity index (χ1v) is 6.61. The van der Waals surface area contributed by atoms with E-state index >= 15 is 0 Å². The third-order valence-electron chi connectivity index (χ3n) is 3.16. The molecular formula is C14H15ClN2O2. The van der Waals surface area contributed by atoms with Crippen molar-refractivity contribution >= 4 is 34.1 Å². The normalized spacial score (nSPS) is 10.7. The molecule has 0 aliphatic heterocycles. The number of H-pyrrole nitrogens is 1. The molecule has 100 valence electrons. The third-order valence-corrected chi connectivity index (χ3v) is 3.40. The van der Waals surface area contributed by atoms with Crippen molar-refractivity contribution in [1.82, 2.24) is 4.98 Å². The molecule has 0 bridgehead atoms. The molecule has 1 heterocycles. The number of anilines is 1. The van der Waals surface area contributed by atoms with Gasteiger partial charge in [0.1, 0.15) is 5.88 Å². The molecule has 0 aliphatic rings. The third kappa shape index (κ3) is 2.63. The van der Waals surface area contributed by atoms with Gasteiger partial charge in [-0.3, -0.25) is 9.59 Å². The summed E-state index contributed by atoms with van der Waals surface area (Å²) in [7, 11) is 0. The molecule has 19 heavy (non-hydrogen) atoms. The Labute approximate surface area is 115 Å². The maximum absolute atomic E-state index is 11.9. The zero-order valence-electron chi connectivity index (χ0n) is 10.8. The fourth-order valence-corrected chi connectivity index (χ4v) is 2.27. The first-order chi connectivity index (χ1) is 9.06. The minimum absolute atomic E-state index is 0.0756. The Bertz CT molecular complexity index is 692. The lowest BCUT2D eigenvalue weighted by molar-refractivity contribution is -0.113. The van der Waals surface area contributed by atoms with E-state index < -0.39 is 0 Å². The molecule has 4 nitrogen and oxygen atoms in total. The van der Waals surface area contributed by atoms with Gasteiger partial charge in [-0.1, -0.05) is 13.0 Å². The van der Waals surface area contributed by atoms with E-state index in [0.717, 1.165) is 16.5 Å². The van der Waals surface area contributed by atoms with Crippen molar-refractivity contribution in [2.24, 2.45) is 0 Å². The largest absolute Gasteiger partial charge is 0.325 e. The van der Waals surface area contributed by atoms with Crippen molar-refractivity contribution in [3.63, 3.8) is 0 Å². The van der Waals surface area contributed by atoms with Crippen LogP contribution < -0.4 is 10.9 Å². The second-order valence-corrected chi connectivity index (χ2v) is 4.62. The quantitative estimate of drug-likeness (QED) is 0.848. The van der Waals surface area contributed by atoms with Gasteiger partial charge in [0.2, 0.25) is 5.91 Å². The van der Waals surface area contributed by atoms with Crippen LogP contribution >= 0.6 is 11.6 Å². The van der Waals surface area contributed by atoms with Gasteiger partial charge >= 0.3 is 0 Å². The van der Waals surface area contributed by atoms with Crippen LogP contribution in [0.3, 0.4) is 0 Å². The fraction of sp³-hybridized carbons (Fsp3) is 0.286. The lowest BCUT2D eigenvalue weighted by Gasteiger charge is -2.09. The summed E-state index contributed by atoms with van der Waals surface area (Å²) < 4.78 is 0. The van der Waals surface area contributed by atoms with Gasteiger partial charge in [0, 0.05) is 16.6 Å². The van der Waals surface area contributed by atoms with Gasteiger partial charge in [-0.05, 0) is 31.0 Å². The highest BCUT2D eigenvalue weighted by molar-refractivity contribution is 6.29. The number of nitrogens with one attached hydrogen (secondary N) is 2. The molecule has 0 saturated heterocycles. The van der Waals surface area contributed by atoms with Gasteiger partial charge in [0.15, 0.2) is 0 Å². The zero-order chi connectivity index (χ0) is 14.0. The van der Waals surface area contributed by atoms with E-state index in [-0.39, 0.29) is 17.3 Å². The number of aryl methyl sites for hydroxylation is 1. The van der Waals surface area contributed by atoms with E-state index in [9.17, 15) is 9.59 Å². The molecule has 2 rings (SSSR count). The molecule has 2 aromatic rings. The van der Waals surface area contributed by atoms with E-state index in [1.54, 1.807) is 12.1 Å². The van der Waals surface area contributed by atoms with Crippen molar-refractivity contribution in [1.29, 1.82) is 0 Å². The number of halogens is 1. The van der Waals surface area contributed by atoms with E-state index in [1.165, 1.54) is 0 Å². The molecule has 2 N–H and O–H groups in total. The van der Waals surface area contributed by atoms with Crippen molar-refractivity contribution in [2.75, 3.05) is 11.2 Å². The molecule has 0 aliphatic carbocycles. The van der Waals surface area contributed by atoms with Gasteiger partial charge in [-0.15, -0.1) is 11.6 Å². The van der Waals surface area contributed by atoms with Gasteiger partial charge in [0.05, 0.1) is 5.52 Å². The van der Waals surface area contributed by atoms with Crippen LogP contribution in [0.1, 0.15) is 18.1 Å². The first kappa shape index (κ1) is 13.6. The Morgan fingerprint density at radius 1 is 1.42 bits per heavy atom. The monoisotopic (exact) mass is 278 g/mol. The van der Waals surface area contributed by atoms with Gasteiger partial charge < -0.3 is 10.3 Å². The van der Waals surface area contributed by atoms with Gasteiger partial charge in [-0.25, -0.2) is 0 Å². The number of hydrogen-bond acceptors (Lipinski definition) is 2. The molecule has 1 aromatic carbocycles.